The molecule has 1 aliphatic heterocycles. The summed E-state index contributed by atoms with van der Waals surface area (Å²) in [5.74, 6) is 2.04. The SMILES string of the molecule is COc1ccc(CN(Cc2ccc(OC)cc2)S(=O)(=O)CCCN2C[C@H](c3cccc(C(F)(F)F)c3)N(c3ccc(Oc4ccc(Cl)cc4)cc3)C2=O)cc1. The Morgan fingerprint density at radius 1 is 0.764 bits per heavy atom. The molecule has 5 aromatic carbocycles. The van der Waals surface area contributed by atoms with Crippen LogP contribution in [0.2, 0.25) is 5.02 Å². The Hall–Kier alpha value is -5.24. The molecule has 0 N–H and O–H groups in total. The number of benzene rings is 5. The molecule has 55 heavy (non-hydrogen) atoms. The lowest BCUT2D eigenvalue weighted by molar-refractivity contribution is -0.137. The van der Waals surface area contributed by atoms with Crippen molar-refractivity contribution in [2.75, 3.05) is 38.0 Å². The predicted octanol–water partition coefficient (Wildman–Crippen LogP) is 9.57. The molecule has 1 fully saturated rings. The summed E-state index contributed by atoms with van der Waals surface area (Å²) in [5, 5.41) is 0.553. The van der Waals surface area contributed by atoms with Gasteiger partial charge in [0, 0.05) is 36.9 Å². The van der Waals surface area contributed by atoms with E-state index in [1.807, 2.05) is 0 Å². The highest BCUT2D eigenvalue weighted by atomic mass is 35.5. The number of methoxy groups -OCH3 is 2. The lowest BCUT2D eigenvalue weighted by Gasteiger charge is -2.25. The van der Waals surface area contributed by atoms with Crippen LogP contribution in [0.25, 0.3) is 0 Å². The minimum Gasteiger partial charge on any atom is -0.497 e. The van der Waals surface area contributed by atoms with Crippen LogP contribution < -0.4 is 19.1 Å². The lowest BCUT2D eigenvalue weighted by Crippen LogP contribution is -2.35. The first-order valence-corrected chi connectivity index (χ1v) is 19.3. The molecule has 0 spiro atoms. The van der Waals surface area contributed by atoms with Gasteiger partial charge in [0.1, 0.15) is 23.0 Å². The predicted molar refractivity (Wildman–Crippen MR) is 205 cm³/mol. The van der Waals surface area contributed by atoms with Crippen LogP contribution >= 0.6 is 11.6 Å². The largest absolute Gasteiger partial charge is 0.497 e. The van der Waals surface area contributed by atoms with Gasteiger partial charge < -0.3 is 19.1 Å². The number of ether oxygens (including phenoxy) is 3. The molecule has 0 bridgehead atoms. The van der Waals surface area contributed by atoms with Crippen molar-refractivity contribution in [3.05, 3.63) is 149 Å². The van der Waals surface area contributed by atoms with Crippen molar-refractivity contribution >= 4 is 33.3 Å². The van der Waals surface area contributed by atoms with Gasteiger partial charge in [-0.05, 0) is 108 Å². The molecule has 1 saturated heterocycles. The maximum absolute atomic E-state index is 14.1. The van der Waals surface area contributed by atoms with Gasteiger partial charge in [0.05, 0.1) is 31.6 Å². The van der Waals surface area contributed by atoms with Crippen molar-refractivity contribution in [1.82, 2.24) is 9.21 Å². The molecule has 288 valence electrons. The summed E-state index contributed by atoms with van der Waals surface area (Å²) in [6, 6.07) is 31.4. The van der Waals surface area contributed by atoms with Gasteiger partial charge in [-0.2, -0.15) is 17.5 Å². The molecular formula is C41H39ClF3N3O6S. The van der Waals surface area contributed by atoms with E-state index in [2.05, 4.69) is 0 Å². The minimum atomic E-state index is -4.58. The Kier molecular flexibility index (Phi) is 12.2. The molecule has 14 heteroatoms. The van der Waals surface area contributed by atoms with Crippen LogP contribution in [0.1, 0.15) is 34.7 Å². The summed E-state index contributed by atoms with van der Waals surface area (Å²) in [5.41, 5.74) is 1.43. The van der Waals surface area contributed by atoms with E-state index in [0.29, 0.717) is 39.3 Å². The standard InChI is InChI=1S/C41H39ClF3N3O6S/c1-52-35-15-7-29(8-16-35)26-47(27-30-9-17-36(53-2)18-10-30)55(50,51)24-4-23-46-28-39(31-5-3-6-32(25-31)41(43,44)45)48(40(46)49)34-13-21-38(22-14-34)54-37-19-11-33(42)12-20-37/h3,5-22,25,39H,4,23-24,26-28H2,1-2H3/t39-/m1/s1. The highest BCUT2D eigenvalue weighted by Gasteiger charge is 2.40. The number of hydrogen-bond acceptors (Lipinski definition) is 6. The Bertz CT molecular complexity index is 2120. The molecule has 0 saturated carbocycles. The van der Waals surface area contributed by atoms with Gasteiger partial charge >= 0.3 is 12.2 Å². The van der Waals surface area contributed by atoms with Crippen molar-refractivity contribution < 1.29 is 40.6 Å². The molecule has 0 radical (unpaired) electrons. The normalized spacial score (nSPS) is 14.7. The van der Waals surface area contributed by atoms with Crippen molar-refractivity contribution in [3.63, 3.8) is 0 Å². The molecule has 0 aromatic heterocycles. The van der Waals surface area contributed by atoms with Crippen LogP contribution in [0.3, 0.4) is 0 Å². The van der Waals surface area contributed by atoms with E-state index >= 15 is 0 Å². The zero-order chi connectivity index (χ0) is 39.2. The highest BCUT2D eigenvalue weighted by molar-refractivity contribution is 7.89. The smallest absolute Gasteiger partial charge is 0.416 e. The van der Waals surface area contributed by atoms with Crippen LogP contribution in [0.4, 0.5) is 23.7 Å². The minimum absolute atomic E-state index is 0.0463. The summed E-state index contributed by atoms with van der Waals surface area (Å²) in [6.45, 7) is 0.305. The topological polar surface area (TPSA) is 88.6 Å². The average Bonchev–Trinajstić information content (AvgIpc) is 3.51. The number of sulfonamides is 1. The number of amides is 2. The fourth-order valence-corrected chi connectivity index (χ4v) is 7.88. The number of rotatable bonds is 15. The molecular weight excluding hydrogens is 755 g/mol. The van der Waals surface area contributed by atoms with E-state index in [1.54, 1.807) is 117 Å². The second-order valence-electron chi connectivity index (χ2n) is 12.9. The number of carbonyl (C=O) groups is 1. The number of nitrogens with zero attached hydrogens (tertiary/aromatic N) is 3. The van der Waals surface area contributed by atoms with Crippen molar-refractivity contribution in [2.24, 2.45) is 0 Å². The summed E-state index contributed by atoms with van der Waals surface area (Å²) in [7, 11) is -0.768. The average molecular weight is 794 g/mol. The number of carbonyl (C=O) groups excluding carboxylic acids is 1. The number of hydrogen-bond donors (Lipinski definition) is 0. The van der Waals surface area contributed by atoms with E-state index < -0.39 is 33.8 Å². The number of alkyl halides is 3. The molecule has 9 nitrogen and oxygen atoms in total. The Morgan fingerprint density at radius 2 is 1.29 bits per heavy atom. The Labute approximate surface area is 323 Å². The molecule has 0 unspecified atom stereocenters. The molecule has 1 heterocycles. The van der Waals surface area contributed by atoms with E-state index in [0.717, 1.165) is 23.3 Å². The summed E-state index contributed by atoms with van der Waals surface area (Å²) >= 11 is 5.98. The van der Waals surface area contributed by atoms with Gasteiger partial charge in [-0.15, -0.1) is 0 Å². The third-order valence-corrected chi connectivity index (χ3v) is 11.3. The monoisotopic (exact) mass is 793 g/mol. The third-order valence-electron chi connectivity index (χ3n) is 9.20. The molecule has 1 aliphatic rings. The quantitative estimate of drug-likeness (QED) is 0.105. The molecule has 2 amide bonds. The first kappa shape index (κ1) is 39.5. The fourth-order valence-electron chi connectivity index (χ4n) is 6.31. The molecule has 6 rings (SSSR count). The summed E-state index contributed by atoms with van der Waals surface area (Å²) in [6.07, 6.45) is -4.49. The number of halogens is 4. The van der Waals surface area contributed by atoms with Gasteiger partial charge in [0.25, 0.3) is 0 Å². The van der Waals surface area contributed by atoms with Crippen LogP contribution in [-0.4, -0.2) is 56.7 Å². The van der Waals surface area contributed by atoms with E-state index in [-0.39, 0.29) is 38.4 Å². The molecule has 0 aliphatic carbocycles. The Morgan fingerprint density at radius 3 is 1.82 bits per heavy atom. The maximum atomic E-state index is 14.1. The van der Waals surface area contributed by atoms with E-state index in [9.17, 15) is 26.4 Å². The first-order valence-electron chi connectivity index (χ1n) is 17.4. The van der Waals surface area contributed by atoms with Crippen LogP contribution in [-0.2, 0) is 29.3 Å². The van der Waals surface area contributed by atoms with E-state index in [1.165, 1.54) is 20.2 Å². The second kappa shape index (κ2) is 17.1. The van der Waals surface area contributed by atoms with Gasteiger partial charge in [0.15, 0.2) is 0 Å². The van der Waals surface area contributed by atoms with Crippen LogP contribution in [0.5, 0.6) is 23.0 Å². The number of anilines is 1. The molecule has 5 aromatic rings. The van der Waals surface area contributed by atoms with Gasteiger partial charge in [-0.3, -0.25) is 4.90 Å². The van der Waals surface area contributed by atoms with Crippen molar-refractivity contribution in [2.45, 2.75) is 31.7 Å². The fraction of sp³-hybridized carbons (Fsp3) is 0.244. The third kappa shape index (κ3) is 9.90. The van der Waals surface area contributed by atoms with Crippen LogP contribution in [0, 0.1) is 0 Å². The van der Waals surface area contributed by atoms with Crippen LogP contribution in [0.15, 0.2) is 121 Å². The lowest BCUT2D eigenvalue weighted by atomic mass is 10.0. The van der Waals surface area contributed by atoms with Gasteiger partial charge in [-0.25, -0.2) is 13.2 Å². The maximum Gasteiger partial charge on any atom is 0.416 e. The first-order chi connectivity index (χ1) is 26.3. The van der Waals surface area contributed by atoms with Crippen molar-refractivity contribution in [3.8, 4) is 23.0 Å². The van der Waals surface area contributed by atoms with E-state index in [4.69, 9.17) is 25.8 Å². The summed E-state index contributed by atoms with van der Waals surface area (Å²) < 4.78 is 87.0. The van der Waals surface area contributed by atoms with Gasteiger partial charge in [-0.1, -0.05) is 48.0 Å². The number of urea groups is 1. The van der Waals surface area contributed by atoms with Crippen molar-refractivity contribution in [1.29, 1.82) is 0 Å². The second-order valence-corrected chi connectivity index (χ2v) is 15.4. The zero-order valence-electron chi connectivity index (χ0n) is 30.1. The summed E-state index contributed by atoms with van der Waals surface area (Å²) in [4.78, 5) is 17.0. The zero-order valence-corrected chi connectivity index (χ0v) is 31.7. The van der Waals surface area contributed by atoms with Gasteiger partial charge in [0.2, 0.25) is 10.0 Å². The molecule has 1 atom stereocenters. The Balaban J connectivity index is 1.21. The highest BCUT2D eigenvalue weighted by Crippen LogP contribution is 2.38.